The monoisotopic (exact) mass is 226 g/mol. The molecule has 2 aromatic rings. The number of benzene rings is 1. The zero-order chi connectivity index (χ0) is 11.9. The summed E-state index contributed by atoms with van der Waals surface area (Å²) in [5, 5.41) is 3.36. The summed E-state index contributed by atoms with van der Waals surface area (Å²) >= 11 is 0. The van der Waals surface area contributed by atoms with Crippen molar-refractivity contribution >= 4 is 0 Å². The van der Waals surface area contributed by atoms with Gasteiger partial charge in [-0.1, -0.05) is 36.4 Å². The molecule has 1 unspecified atom stereocenters. The van der Waals surface area contributed by atoms with Gasteiger partial charge in [0.15, 0.2) is 0 Å². The molecule has 0 aliphatic heterocycles. The Balaban J connectivity index is 1.98. The highest BCUT2D eigenvalue weighted by Gasteiger charge is 2.08. The van der Waals surface area contributed by atoms with E-state index in [1.807, 2.05) is 25.4 Å². The van der Waals surface area contributed by atoms with Gasteiger partial charge in [0.05, 0.1) is 0 Å². The van der Waals surface area contributed by atoms with E-state index in [2.05, 4.69) is 46.7 Å². The highest BCUT2D eigenvalue weighted by molar-refractivity contribution is 5.17. The molecular formula is C15H18N2. The Morgan fingerprint density at radius 1 is 1.00 bits per heavy atom. The van der Waals surface area contributed by atoms with Crippen LogP contribution in [0.2, 0.25) is 0 Å². The molecule has 1 aromatic heterocycles. The van der Waals surface area contributed by atoms with E-state index in [4.69, 9.17) is 0 Å². The van der Waals surface area contributed by atoms with Crippen LogP contribution in [0.25, 0.3) is 0 Å². The third kappa shape index (κ3) is 3.68. The number of pyridine rings is 1. The van der Waals surface area contributed by atoms with Gasteiger partial charge >= 0.3 is 0 Å². The van der Waals surface area contributed by atoms with Crippen LogP contribution in [0.4, 0.5) is 0 Å². The predicted octanol–water partition coefficient (Wildman–Crippen LogP) is 2.45. The maximum absolute atomic E-state index is 4.37. The third-order valence-corrected chi connectivity index (χ3v) is 2.91. The number of nitrogens with zero attached hydrogens (tertiary/aromatic N) is 1. The number of aromatic nitrogens is 1. The first-order valence-electron chi connectivity index (χ1n) is 5.99. The van der Waals surface area contributed by atoms with Crippen LogP contribution in [-0.4, -0.2) is 18.1 Å². The summed E-state index contributed by atoms with van der Waals surface area (Å²) in [5.41, 5.74) is 2.51. The first-order valence-corrected chi connectivity index (χ1v) is 5.99. The quantitative estimate of drug-likeness (QED) is 0.847. The molecule has 0 amide bonds. The second kappa shape index (κ2) is 6.16. The van der Waals surface area contributed by atoms with Gasteiger partial charge in [-0.3, -0.25) is 4.98 Å². The van der Waals surface area contributed by atoms with Crippen LogP contribution in [-0.2, 0) is 12.8 Å². The first kappa shape index (κ1) is 11.8. The molecule has 0 saturated carbocycles. The molecule has 2 heteroatoms. The van der Waals surface area contributed by atoms with Gasteiger partial charge in [-0.2, -0.15) is 0 Å². The SMILES string of the molecule is CNC(Cc1ccccc1)Cc1ccccn1. The Bertz CT molecular complexity index is 384. The topological polar surface area (TPSA) is 24.9 Å². The summed E-state index contributed by atoms with van der Waals surface area (Å²) in [5.74, 6) is 0. The highest BCUT2D eigenvalue weighted by Crippen LogP contribution is 2.07. The van der Waals surface area contributed by atoms with Crippen LogP contribution in [0.5, 0.6) is 0 Å². The molecule has 0 aliphatic rings. The Hall–Kier alpha value is -1.67. The Labute approximate surface area is 103 Å². The number of rotatable bonds is 5. The summed E-state index contributed by atoms with van der Waals surface area (Å²) in [7, 11) is 2.01. The summed E-state index contributed by atoms with van der Waals surface area (Å²) < 4.78 is 0. The predicted molar refractivity (Wildman–Crippen MR) is 70.9 cm³/mol. The third-order valence-electron chi connectivity index (χ3n) is 2.91. The van der Waals surface area contributed by atoms with Crippen LogP contribution in [0, 0.1) is 0 Å². The Kier molecular flexibility index (Phi) is 4.28. The van der Waals surface area contributed by atoms with Gasteiger partial charge < -0.3 is 5.32 Å². The van der Waals surface area contributed by atoms with Crippen LogP contribution < -0.4 is 5.32 Å². The van der Waals surface area contributed by atoms with Crippen molar-refractivity contribution in [2.45, 2.75) is 18.9 Å². The van der Waals surface area contributed by atoms with Gasteiger partial charge in [-0.05, 0) is 31.2 Å². The van der Waals surface area contributed by atoms with E-state index in [1.165, 1.54) is 5.56 Å². The lowest BCUT2D eigenvalue weighted by Crippen LogP contribution is -2.30. The number of likely N-dealkylation sites (N-methyl/N-ethyl adjacent to an activating group) is 1. The van der Waals surface area contributed by atoms with E-state index in [9.17, 15) is 0 Å². The average molecular weight is 226 g/mol. The zero-order valence-corrected chi connectivity index (χ0v) is 10.1. The maximum Gasteiger partial charge on any atom is 0.0419 e. The van der Waals surface area contributed by atoms with E-state index in [0.29, 0.717) is 6.04 Å². The minimum atomic E-state index is 0.437. The normalized spacial score (nSPS) is 12.3. The van der Waals surface area contributed by atoms with Crippen molar-refractivity contribution in [3.8, 4) is 0 Å². The van der Waals surface area contributed by atoms with E-state index in [-0.39, 0.29) is 0 Å². The van der Waals surface area contributed by atoms with E-state index in [1.54, 1.807) is 0 Å². The van der Waals surface area contributed by atoms with Crippen molar-refractivity contribution in [1.29, 1.82) is 0 Å². The fourth-order valence-electron chi connectivity index (χ4n) is 1.95. The fraction of sp³-hybridized carbons (Fsp3) is 0.267. The minimum Gasteiger partial charge on any atom is -0.316 e. The van der Waals surface area contributed by atoms with Crippen LogP contribution >= 0.6 is 0 Å². The molecule has 0 radical (unpaired) electrons. The molecule has 0 aliphatic carbocycles. The van der Waals surface area contributed by atoms with Crippen molar-refractivity contribution in [1.82, 2.24) is 10.3 Å². The fourth-order valence-corrected chi connectivity index (χ4v) is 1.95. The van der Waals surface area contributed by atoms with E-state index in [0.717, 1.165) is 18.5 Å². The molecule has 0 spiro atoms. The first-order chi connectivity index (χ1) is 8.38. The molecule has 1 atom stereocenters. The van der Waals surface area contributed by atoms with Crippen LogP contribution in [0.3, 0.4) is 0 Å². The second-order valence-electron chi connectivity index (χ2n) is 4.20. The molecule has 0 fully saturated rings. The van der Waals surface area contributed by atoms with Gasteiger partial charge in [0, 0.05) is 24.4 Å². The minimum absolute atomic E-state index is 0.437. The summed E-state index contributed by atoms with van der Waals surface area (Å²) in [6.07, 6.45) is 3.85. The zero-order valence-electron chi connectivity index (χ0n) is 10.1. The van der Waals surface area contributed by atoms with Gasteiger partial charge in [-0.15, -0.1) is 0 Å². The van der Waals surface area contributed by atoms with Crippen molar-refractivity contribution in [2.24, 2.45) is 0 Å². The van der Waals surface area contributed by atoms with Gasteiger partial charge in [-0.25, -0.2) is 0 Å². The van der Waals surface area contributed by atoms with Gasteiger partial charge in [0.1, 0.15) is 0 Å². The number of nitrogens with one attached hydrogen (secondary N) is 1. The average Bonchev–Trinajstić information content (AvgIpc) is 2.40. The number of hydrogen-bond donors (Lipinski definition) is 1. The van der Waals surface area contributed by atoms with Crippen LogP contribution in [0.1, 0.15) is 11.3 Å². The molecule has 17 heavy (non-hydrogen) atoms. The Morgan fingerprint density at radius 3 is 2.41 bits per heavy atom. The summed E-state index contributed by atoms with van der Waals surface area (Å²) in [6.45, 7) is 0. The molecule has 0 bridgehead atoms. The summed E-state index contributed by atoms with van der Waals surface area (Å²) in [4.78, 5) is 4.37. The van der Waals surface area contributed by atoms with Crippen LogP contribution in [0.15, 0.2) is 54.7 Å². The van der Waals surface area contributed by atoms with E-state index < -0.39 is 0 Å². The van der Waals surface area contributed by atoms with E-state index >= 15 is 0 Å². The molecule has 2 nitrogen and oxygen atoms in total. The van der Waals surface area contributed by atoms with Gasteiger partial charge in [0.2, 0.25) is 0 Å². The molecule has 88 valence electrons. The number of hydrogen-bond acceptors (Lipinski definition) is 2. The molecular weight excluding hydrogens is 208 g/mol. The molecule has 1 heterocycles. The summed E-state index contributed by atoms with van der Waals surface area (Å²) in [6, 6.07) is 17.1. The maximum atomic E-state index is 4.37. The van der Waals surface area contributed by atoms with Gasteiger partial charge in [0.25, 0.3) is 0 Å². The molecule has 1 aromatic carbocycles. The Morgan fingerprint density at radius 2 is 1.76 bits per heavy atom. The lowest BCUT2D eigenvalue weighted by atomic mass is 10.0. The lowest BCUT2D eigenvalue weighted by Gasteiger charge is -2.15. The molecule has 1 N–H and O–H groups in total. The largest absolute Gasteiger partial charge is 0.316 e. The lowest BCUT2D eigenvalue weighted by molar-refractivity contribution is 0.550. The smallest absolute Gasteiger partial charge is 0.0419 e. The highest BCUT2D eigenvalue weighted by atomic mass is 14.9. The molecule has 0 saturated heterocycles. The molecule has 2 rings (SSSR count). The van der Waals surface area contributed by atoms with Crippen molar-refractivity contribution in [3.05, 3.63) is 66.0 Å². The van der Waals surface area contributed by atoms with Crippen molar-refractivity contribution < 1.29 is 0 Å². The standard InChI is InChI=1S/C15H18N2/c1-16-15(11-13-7-3-2-4-8-13)12-14-9-5-6-10-17-14/h2-10,15-16H,11-12H2,1H3. The van der Waals surface area contributed by atoms with Crippen molar-refractivity contribution in [2.75, 3.05) is 7.05 Å². The second-order valence-corrected chi connectivity index (χ2v) is 4.20. The van der Waals surface area contributed by atoms with Crippen molar-refractivity contribution in [3.63, 3.8) is 0 Å².